The van der Waals surface area contributed by atoms with Gasteiger partial charge in [-0.25, -0.2) is 0 Å². The number of rotatable bonds is 5. The third kappa shape index (κ3) is 2.71. The number of nitrogen functional groups attached to an aromatic ring is 1. The van der Waals surface area contributed by atoms with Gasteiger partial charge in [-0.2, -0.15) is 0 Å². The summed E-state index contributed by atoms with van der Waals surface area (Å²) in [6, 6.07) is 9.99. The lowest BCUT2D eigenvalue weighted by Crippen LogP contribution is -2.22. The minimum absolute atomic E-state index is 0.350. The van der Waals surface area contributed by atoms with Crippen molar-refractivity contribution in [3.63, 3.8) is 0 Å². The fourth-order valence-electron chi connectivity index (χ4n) is 2.01. The highest BCUT2D eigenvalue weighted by molar-refractivity contribution is 5.65. The van der Waals surface area contributed by atoms with Crippen LogP contribution in [0.15, 0.2) is 34.9 Å². The Labute approximate surface area is 107 Å². The van der Waals surface area contributed by atoms with Gasteiger partial charge in [-0.3, -0.25) is 4.90 Å². The maximum absolute atomic E-state index is 5.58. The van der Waals surface area contributed by atoms with Gasteiger partial charge in [-0.15, -0.1) is 0 Å². The normalized spacial score (nSPS) is 11.1. The molecule has 0 aliphatic heterocycles. The van der Waals surface area contributed by atoms with Crippen LogP contribution in [0.3, 0.4) is 0 Å². The molecule has 0 atom stereocenters. The van der Waals surface area contributed by atoms with Crippen LogP contribution in [0.25, 0.3) is 11.3 Å². The van der Waals surface area contributed by atoms with E-state index >= 15 is 0 Å². The van der Waals surface area contributed by atoms with Crippen molar-refractivity contribution in [2.24, 2.45) is 0 Å². The lowest BCUT2D eigenvalue weighted by Gasteiger charge is -2.19. The van der Waals surface area contributed by atoms with Gasteiger partial charge in [0.05, 0.1) is 0 Å². The zero-order chi connectivity index (χ0) is 13.0. The Kier molecular flexibility index (Phi) is 3.99. The number of nitrogens with two attached hydrogens (primary N) is 1. The Morgan fingerprint density at radius 2 is 1.94 bits per heavy atom. The Hall–Kier alpha value is -1.81. The molecule has 0 amide bonds. The first-order valence-electron chi connectivity index (χ1n) is 6.27. The first-order valence-corrected chi connectivity index (χ1v) is 6.27. The molecule has 0 saturated carbocycles. The smallest absolute Gasteiger partial charge is 0.222 e. The van der Waals surface area contributed by atoms with Crippen molar-refractivity contribution in [3.8, 4) is 11.3 Å². The standard InChI is InChI=1S/C14H19N3O/c1-3-17(4-2)10-11-7-5-6-8-12(11)13-9-14(15)18-16-13/h5-9H,3-4,10,15H2,1-2H3. The van der Waals surface area contributed by atoms with E-state index in [1.54, 1.807) is 6.07 Å². The fourth-order valence-corrected chi connectivity index (χ4v) is 2.01. The van der Waals surface area contributed by atoms with Crippen molar-refractivity contribution >= 4 is 5.88 Å². The molecule has 0 saturated heterocycles. The van der Waals surface area contributed by atoms with Crippen LogP contribution in [-0.4, -0.2) is 23.1 Å². The van der Waals surface area contributed by atoms with Crippen molar-refractivity contribution in [2.75, 3.05) is 18.8 Å². The molecule has 0 fully saturated rings. The summed E-state index contributed by atoms with van der Waals surface area (Å²) in [6.45, 7) is 7.31. The summed E-state index contributed by atoms with van der Waals surface area (Å²) in [5.74, 6) is 0.350. The Morgan fingerprint density at radius 3 is 2.56 bits per heavy atom. The molecule has 96 valence electrons. The molecular formula is C14H19N3O. The minimum atomic E-state index is 0.350. The highest BCUT2D eigenvalue weighted by atomic mass is 16.5. The molecule has 2 rings (SSSR count). The third-order valence-corrected chi connectivity index (χ3v) is 3.11. The number of hydrogen-bond acceptors (Lipinski definition) is 4. The summed E-state index contributed by atoms with van der Waals surface area (Å²) >= 11 is 0. The van der Waals surface area contributed by atoms with Gasteiger partial charge < -0.3 is 10.3 Å². The van der Waals surface area contributed by atoms with Gasteiger partial charge in [0, 0.05) is 18.2 Å². The van der Waals surface area contributed by atoms with Crippen molar-refractivity contribution in [3.05, 3.63) is 35.9 Å². The molecule has 0 bridgehead atoms. The summed E-state index contributed by atoms with van der Waals surface area (Å²) in [4.78, 5) is 2.36. The van der Waals surface area contributed by atoms with Gasteiger partial charge in [0.15, 0.2) is 0 Å². The van der Waals surface area contributed by atoms with E-state index in [1.807, 2.05) is 12.1 Å². The maximum atomic E-state index is 5.58. The van der Waals surface area contributed by atoms with Gasteiger partial charge >= 0.3 is 0 Å². The van der Waals surface area contributed by atoms with Crippen LogP contribution in [0.2, 0.25) is 0 Å². The molecule has 1 aromatic carbocycles. The summed E-state index contributed by atoms with van der Waals surface area (Å²) in [5.41, 5.74) is 8.71. The van der Waals surface area contributed by atoms with Gasteiger partial charge in [0.2, 0.25) is 5.88 Å². The molecule has 2 aromatic rings. The predicted octanol–water partition coefficient (Wildman–Crippen LogP) is 2.77. The van der Waals surface area contributed by atoms with Crippen molar-refractivity contribution in [2.45, 2.75) is 20.4 Å². The van der Waals surface area contributed by atoms with Gasteiger partial charge in [-0.1, -0.05) is 43.3 Å². The summed E-state index contributed by atoms with van der Waals surface area (Å²) in [7, 11) is 0. The van der Waals surface area contributed by atoms with Crippen molar-refractivity contribution < 1.29 is 4.52 Å². The minimum Gasteiger partial charge on any atom is -0.368 e. The maximum Gasteiger partial charge on any atom is 0.222 e. The molecule has 0 unspecified atom stereocenters. The highest BCUT2D eigenvalue weighted by Gasteiger charge is 2.11. The van der Waals surface area contributed by atoms with E-state index in [4.69, 9.17) is 10.3 Å². The molecule has 0 radical (unpaired) electrons. The largest absolute Gasteiger partial charge is 0.368 e. The lowest BCUT2D eigenvalue weighted by atomic mass is 10.0. The van der Waals surface area contributed by atoms with Crippen LogP contribution in [0, 0.1) is 0 Å². The number of benzene rings is 1. The van der Waals surface area contributed by atoms with Crippen molar-refractivity contribution in [1.29, 1.82) is 0 Å². The molecule has 0 aliphatic rings. The second-order valence-corrected chi connectivity index (χ2v) is 4.23. The molecule has 0 aliphatic carbocycles. The quantitative estimate of drug-likeness (QED) is 0.880. The van der Waals surface area contributed by atoms with Gasteiger partial charge in [0.1, 0.15) is 5.69 Å². The molecule has 1 aromatic heterocycles. The Morgan fingerprint density at radius 1 is 1.22 bits per heavy atom. The average molecular weight is 245 g/mol. The van der Waals surface area contributed by atoms with Crippen LogP contribution in [0.1, 0.15) is 19.4 Å². The van der Waals surface area contributed by atoms with Crippen LogP contribution >= 0.6 is 0 Å². The molecule has 4 nitrogen and oxygen atoms in total. The van der Waals surface area contributed by atoms with Crippen LogP contribution in [0.5, 0.6) is 0 Å². The molecule has 18 heavy (non-hydrogen) atoms. The van der Waals surface area contributed by atoms with E-state index in [-0.39, 0.29) is 0 Å². The summed E-state index contributed by atoms with van der Waals surface area (Å²) in [6.07, 6.45) is 0. The Balaban J connectivity index is 2.31. The predicted molar refractivity (Wildman–Crippen MR) is 73.0 cm³/mol. The Bertz CT molecular complexity index is 503. The number of aromatic nitrogens is 1. The summed E-state index contributed by atoms with van der Waals surface area (Å²) < 4.78 is 4.95. The third-order valence-electron chi connectivity index (χ3n) is 3.11. The molecular weight excluding hydrogens is 226 g/mol. The first kappa shape index (κ1) is 12.6. The van der Waals surface area contributed by atoms with E-state index in [1.165, 1.54) is 5.56 Å². The van der Waals surface area contributed by atoms with Crippen LogP contribution in [0.4, 0.5) is 5.88 Å². The number of hydrogen-bond donors (Lipinski definition) is 1. The topological polar surface area (TPSA) is 55.3 Å². The van der Waals surface area contributed by atoms with Gasteiger partial charge in [0.25, 0.3) is 0 Å². The number of anilines is 1. The lowest BCUT2D eigenvalue weighted by molar-refractivity contribution is 0.296. The van der Waals surface area contributed by atoms with E-state index in [2.05, 4.69) is 36.0 Å². The SMILES string of the molecule is CCN(CC)Cc1ccccc1-c1cc(N)on1. The van der Waals surface area contributed by atoms with Crippen LogP contribution < -0.4 is 5.73 Å². The summed E-state index contributed by atoms with van der Waals surface area (Å²) in [5, 5.41) is 3.99. The molecule has 2 N–H and O–H groups in total. The highest BCUT2D eigenvalue weighted by Crippen LogP contribution is 2.25. The van der Waals surface area contributed by atoms with E-state index in [0.717, 1.165) is 30.9 Å². The van der Waals surface area contributed by atoms with Gasteiger partial charge in [-0.05, 0) is 18.7 Å². The second-order valence-electron chi connectivity index (χ2n) is 4.23. The van der Waals surface area contributed by atoms with E-state index in [0.29, 0.717) is 5.88 Å². The van der Waals surface area contributed by atoms with E-state index in [9.17, 15) is 0 Å². The number of nitrogens with zero attached hydrogens (tertiary/aromatic N) is 2. The molecule has 1 heterocycles. The fraction of sp³-hybridized carbons (Fsp3) is 0.357. The molecule has 4 heteroatoms. The second kappa shape index (κ2) is 5.69. The van der Waals surface area contributed by atoms with Crippen molar-refractivity contribution in [1.82, 2.24) is 10.1 Å². The average Bonchev–Trinajstić information content (AvgIpc) is 2.83. The first-order chi connectivity index (χ1) is 8.74. The zero-order valence-corrected chi connectivity index (χ0v) is 10.9. The zero-order valence-electron chi connectivity index (χ0n) is 10.9. The monoisotopic (exact) mass is 245 g/mol. The van der Waals surface area contributed by atoms with E-state index < -0.39 is 0 Å². The molecule has 0 spiro atoms. The van der Waals surface area contributed by atoms with Crippen LogP contribution in [-0.2, 0) is 6.54 Å².